The predicted molar refractivity (Wildman–Crippen MR) is 127 cm³/mol. The Morgan fingerprint density at radius 2 is 1.97 bits per heavy atom. The number of carboxylic acids is 1. The molecule has 2 N–H and O–H groups in total. The molecule has 1 unspecified atom stereocenters. The van der Waals surface area contributed by atoms with Crippen LogP contribution in [0.1, 0.15) is 46.0 Å². The molecule has 0 aromatic heterocycles. The van der Waals surface area contributed by atoms with E-state index in [2.05, 4.69) is 17.9 Å². The normalized spacial score (nSPS) is 12.3. The molecule has 0 aliphatic carbocycles. The van der Waals surface area contributed by atoms with E-state index in [0.717, 1.165) is 18.5 Å². The van der Waals surface area contributed by atoms with Crippen LogP contribution in [0.5, 0.6) is 0 Å². The molecule has 0 rings (SSSR count). The third-order valence-corrected chi connectivity index (χ3v) is 8.61. The Balaban J connectivity index is 3.87. The van der Waals surface area contributed by atoms with E-state index in [4.69, 9.17) is 5.11 Å². The number of carbonyl (C=O) groups excluding carboxylic acids is 3. The number of aldehydes is 1. The van der Waals surface area contributed by atoms with Crippen molar-refractivity contribution in [2.45, 2.75) is 55.9 Å². The smallest absolute Gasteiger partial charge is 0.303 e. The number of aliphatic carboxylic acids is 1. The van der Waals surface area contributed by atoms with E-state index in [1.807, 2.05) is 13.8 Å². The van der Waals surface area contributed by atoms with Crippen molar-refractivity contribution in [1.82, 2.24) is 10.2 Å². The zero-order valence-corrected chi connectivity index (χ0v) is 20.6. The van der Waals surface area contributed by atoms with E-state index < -0.39 is 5.97 Å². The van der Waals surface area contributed by atoms with Gasteiger partial charge in [-0.3, -0.25) is 14.4 Å². The van der Waals surface area contributed by atoms with E-state index in [-0.39, 0.29) is 34.7 Å². The van der Waals surface area contributed by atoms with Crippen LogP contribution in [0.25, 0.3) is 0 Å². The Hall–Kier alpha value is -0.520. The Bertz CT molecular complexity index is 534. The summed E-state index contributed by atoms with van der Waals surface area (Å²) in [6.45, 7) is 4.81. The topological polar surface area (TPSA) is 104 Å². The summed E-state index contributed by atoms with van der Waals surface area (Å²) in [7, 11) is 4.96. The number of thiol groups is 1. The van der Waals surface area contributed by atoms with Crippen LogP contribution in [0.15, 0.2) is 0 Å². The number of hydrogen-bond acceptors (Lipinski definition) is 8. The fourth-order valence-electron chi connectivity index (χ4n) is 2.09. The van der Waals surface area contributed by atoms with Crippen molar-refractivity contribution in [3.05, 3.63) is 0 Å². The van der Waals surface area contributed by atoms with Crippen LogP contribution in [0.2, 0.25) is 0 Å². The van der Waals surface area contributed by atoms with E-state index in [1.165, 1.54) is 16.7 Å². The van der Waals surface area contributed by atoms with Gasteiger partial charge in [-0.2, -0.15) is 12.6 Å². The van der Waals surface area contributed by atoms with Crippen molar-refractivity contribution < 1.29 is 24.3 Å². The van der Waals surface area contributed by atoms with E-state index >= 15 is 0 Å². The molecule has 0 aliphatic rings. The number of amides is 2. The average molecular weight is 485 g/mol. The maximum absolute atomic E-state index is 12.1. The van der Waals surface area contributed by atoms with E-state index in [0.29, 0.717) is 31.0 Å². The Morgan fingerprint density at radius 3 is 2.55 bits per heavy atom. The summed E-state index contributed by atoms with van der Waals surface area (Å²) in [5.41, 5.74) is 0. The first kappa shape index (κ1) is 28.5. The summed E-state index contributed by atoms with van der Waals surface area (Å²) in [5.74, 6) is -0.168. The first-order valence-electron chi connectivity index (χ1n) is 9.32. The van der Waals surface area contributed by atoms with Gasteiger partial charge >= 0.3 is 5.97 Å². The second kappa shape index (κ2) is 16.2. The monoisotopic (exact) mass is 484 g/mol. The van der Waals surface area contributed by atoms with E-state index in [1.54, 1.807) is 28.6 Å². The molecule has 0 saturated heterocycles. The molecule has 0 saturated carbocycles. The fraction of sp³-hybridized carbons (Fsp3) is 0.778. The third-order valence-electron chi connectivity index (χ3n) is 3.87. The largest absolute Gasteiger partial charge is 0.481 e. The molecular weight excluding hydrogens is 452 g/mol. The number of hydrogen-bond donors (Lipinski definition) is 3. The van der Waals surface area contributed by atoms with Crippen LogP contribution in [0, 0.1) is 0 Å². The highest BCUT2D eigenvalue weighted by molar-refractivity contribution is 8.77. The maximum atomic E-state index is 12.1. The van der Waals surface area contributed by atoms with Crippen LogP contribution >= 0.6 is 46.0 Å². The summed E-state index contributed by atoms with van der Waals surface area (Å²) in [5, 5.41) is 11.6. The second-order valence-electron chi connectivity index (χ2n) is 7.00. The van der Waals surface area contributed by atoms with Crippen LogP contribution in [-0.4, -0.2) is 75.0 Å². The van der Waals surface area contributed by atoms with Gasteiger partial charge in [-0.05, 0) is 26.7 Å². The summed E-state index contributed by atoms with van der Waals surface area (Å²) in [6, 6.07) is 0. The molecule has 0 radical (unpaired) electrons. The fourth-order valence-corrected chi connectivity index (χ4v) is 5.85. The Morgan fingerprint density at radius 1 is 1.28 bits per heavy atom. The van der Waals surface area contributed by atoms with Gasteiger partial charge in [0.15, 0.2) is 0 Å². The number of nitrogens with one attached hydrogen (secondary N) is 1. The van der Waals surface area contributed by atoms with E-state index in [9.17, 15) is 19.2 Å². The molecule has 29 heavy (non-hydrogen) atoms. The summed E-state index contributed by atoms with van der Waals surface area (Å²) >= 11 is 5.36. The molecule has 11 heteroatoms. The molecule has 0 spiro atoms. The molecule has 0 bridgehead atoms. The van der Waals surface area contributed by atoms with Crippen LogP contribution < -0.4 is 5.32 Å². The van der Waals surface area contributed by atoms with Crippen molar-refractivity contribution in [3.8, 4) is 0 Å². The molecule has 0 aliphatic heterocycles. The molecule has 1 atom stereocenters. The van der Waals surface area contributed by atoms with Gasteiger partial charge in [-0.15, -0.1) is 11.8 Å². The zero-order chi connectivity index (χ0) is 22.3. The van der Waals surface area contributed by atoms with Gasteiger partial charge in [0.2, 0.25) is 11.8 Å². The van der Waals surface area contributed by atoms with Gasteiger partial charge in [0.1, 0.15) is 6.29 Å². The quantitative estimate of drug-likeness (QED) is 0.0952. The predicted octanol–water partition coefficient (Wildman–Crippen LogP) is 2.94. The lowest BCUT2D eigenvalue weighted by molar-refractivity contribution is -0.137. The molecular formula is C18H32N2O5S4. The van der Waals surface area contributed by atoms with Gasteiger partial charge in [0.05, 0.1) is 5.25 Å². The molecule has 0 aromatic carbocycles. The molecule has 168 valence electrons. The molecule has 0 heterocycles. The minimum atomic E-state index is -0.784. The first-order chi connectivity index (χ1) is 13.6. The minimum absolute atomic E-state index is 0.0574. The number of thioether (sulfide) groups is 1. The third kappa shape index (κ3) is 15.9. The number of rotatable bonds is 17. The lowest BCUT2D eigenvalue weighted by Crippen LogP contribution is -2.37. The van der Waals surface area contributed by atoms with Gasteiger partial charge in [-0.1, -0.05) is 21.6 Å². The van der Waals surface area contributed by atoms with Crippen molar-refractivity contribution in [1.29, 1.82) is 0 Å². The summed E-state index contributed by atoms with van der Waals surface area (Å²) in [6.07, 6.45) is 2.80. The van der Waals surface area contributed by atoms with Crippen LogP contribution in [-0.2, 0) is 19.2 Å². The van der Waals surface area contributed by atoms with Crippen molar-refractivity contribution in [2.24, 2.45) is 0 Å². The number of nitrogens with zero attached hydrogens (tertiary/aromatic N) is 1. The van der Waals surface area contributed by atoms with Crippen molar-refractivity contribution >= 4 is 70.0 Å². The van der Waals surface area contributed by atoms with Crippen LogP contribution in [0.3, 0.4) is 0 Å². The van der Waals surface area contributed by atoms with Gasteiger partial charge in [0, 0.05) is 55.0 Å². The zero-order valence-electron chi connectivity index (χ0n) is 17.2. The minimum Gasteiger partial charge on any atom is -0.481 e. The lowest BCUT2D eigenvalue weighted by atomic mass is 10.1. The highest BCUT2D eigenvalue weighted by Gasteiger charge is 2.20. The summed E-state index contributed by atoms with van der Waals surface area (Å²) < 4.78 is -0.114. The first-order valence-corrected chi connectivity index (χ1v) is 13.3. The van der Waals surface area contributed by atoms with Gasteiger partial charge < -0.3 is 20.1 Å². The highest BCUT2D eigenvalue weighted by Crippen LogP contribution is 2.39. The maximum Gasteiger partial charge on any atom is 0.303 e. The Kier molecular flexibility index (Phi) is 15.9. The molecule has 7 nitrogen and oxygen atoms in total. The van der Waals surface area contributed by atoms with Crippen molar-refractivity contribution in [3.63, 3.8) is 0 Å². The SMILES string of the molecule is CN(CCNC(=O)CCCSSC(C)(C)CCC(=O)O)C(=O)CC(C=O)SCS. The average Bonchev–Trinajstić information content (AvgIpc) is 2.65. The highest BCUT2D eigenvalue weighted by atomic mass is 33.1. The lowest BCUT2D eigenvalue weighted by Gasteiger charge is -2.22. The standard InChI is InChI=1S/C18H32N2O5S4/c1-18(2,7-6-17(24)25)29-28-10-4-5-15(22)19-8-9-20(3)16(23)11-14(12-21)27-13-26/h12,14,26H,4-11,13H2,1-3H3,(H,19,22)(H,24,25). The molecule has 0 fully saturated rings. The van der Waals surface area contributed by atoms with Gasteiger partial charge in [0.25, 0.3) is 0 Å². The molecule has 0 aromatic rings. The number of carboxylic acid groups (broad SMARTS) is 1. The van der Waals surface area contributed by atoms with Crippen LogP contribution in [0.4, 0.5) is 0 Å². The number of likely N-dealkylation sites (N-methyl/N-ethyl adjacent to an activating group) is 1. The summed E-state index contributed by atoms with van der Waals surface area (Å²) in [4.78, 5) is 47.0. The van der Waals surface area contributed by atoms with Crippen molar-refractivity contribution in [2.75, 3.05) is 31.0 Å². The van der Waals surface area contributed by atoms with Gasteiger partial charge in [-0.25, -0.2) is 0 Å². The molecule has 2 amide bonds. The number of carbonyl (C=O) groups is 4. The second-order valence-corrected chi connectivity index (χ2v) is 12.1. The Labute approximate surface area is 191 Å².